The van der Waals surface area contributed by atoms with Gasteiger partial charge >= 0.3 is 0 Å². The highest BCUT2D eigenvalue weighted by Crippen LogP contribution is 2.35. The van der Waals surface area contributed by atoms with Gasteiger partial charge in [-0.2, -0.15) is 0 Å². The van der Waals surface area contributed by atoms with Gasteiger partial charge in [0.15, 0.2) is 0 Å². The average molecular weight is 248 g/mol. The van der Waals surface area contributed by atoms with Gasteiger partial charge in [-0.25, -0.2) is 0 Å². The maximum absolute atomic E-state index is 5.91. The first-order chi connectivity index (χ1) is 8.61. The Morgan fingerprint density at radius 3 is 2.89 bits per heavy atom. The standard InChI is InChI=1S/C15H24N2O/c1-11(2)17-10-12(3)18-15-7-6-13(5-4-8-16)9-14(15)17/h6-7,9,11-12H,4-5,8,10,16H2,1-3H3. The average Bonchev–Trinajstić information content (AvgIpc) is 2.35. The van der Waals surface area contributed by atoms with Crippen molar-refractivity contribution >= 4 is 5.69 Å². The molecule has 2 N–H and O–H groups in total. The molecule has 1 aromatic rings. The van der Waals surface area contributed by atoms with Crippen molar-refractivity contribution in [3.8, 4) is 5.75 Å². The molecule has 1 atom stereocenters. The molecule has 0 aliphatic carbocycles. The molecule has 18 heavy (non-hydrogen) atoms. The summed E-state index contributed by atoms with van der Waals surface area (Å²) in [5.41, 5.74) is 8.16. The quantitative estimate of drug-likeness (QED) is 0.890. The molecule has 3 nitrogen and oxygen atoms in total. The van der Waals surface area contributed by atoms with Crippen molar-refractivity contribution in [2.45, 2.75) is 45.8 Å². The fourth-order valence-corrected chi connectivity index (χ4v) is 2.47. The Morgan fingerprint density at radius 2 is 2.22 bits per heavy atom. The first kappa shape index (κ1) is 13.2. The summed E-state index contributed by atoms with van der Waals surface area (Å²) < 4.78 is 5.91. The van der Waals surface area contributed by atoms with E-state index in [1.807, 2.05) is 0 Å². The molecule has 0 aromatic heterocycles. The molecule has 1 heterocycles. The highest BCUT2D eigenvalue weighted by atomic mass is 16.5. The summed E-state index contributed by atoms with van der Waals surface area (Å²) in [4.78, 5) is 2.43. The van der Waals surface area contributed by atoms with Crippen LogP contribution in [0.1, 0.15) is 32.8 Å². The summed E-state index contributed by atoms with van der Waals surface area (Å²) in [6.07, 6.45) is 2.35. The molecule has 0 saturated carbocycles. The number of nitrogens with zero attached hydrogens (tertiary/aromatic N) is 1. The van der Waals surface area contributed by atoms with E-state index in [4.69, 9.17) is 10.5 Å². The maximum Gasteiger partial charge on any atom is 0.143 e. The van der Waals surface area contributed by atoms with Crippen LogP contribution >= 0.6 is 0 Å². The number of hydrogen-bond donors (Lipinski definition) is 1. The van der Waals surface area contributed by atoms with E-state index in [0.717, 1.165) is 31.7 Å². The molecule has 100 valence electrons. The van der Waals surface area contributed by atoms with Crippen LogP contribution in [0.15, 0.2) is 18.2 Å². The van der Waals surface area contributed by atoms with Crippen LogP contribution in [0.2, 0.25) is 0 Å². The van der Waals surface area contributed by atoms with Crippen LogP contribution < -0.4 is 15.4 Å². The summed E-state index contributed by atoms with van der Waals surface area (Å²) in [6.45, 7) is 8.30. The Hall–Kier alpha value is -1.22. The largest absolute Gasteiger partial charge is 0.487 e. The Kier molecular flexibility index (Phi) is 4.12. The first-order valence-corrected chi connectivity index (χ1v) is 6.88. The Balaban J connectivity index is 2.27. The van der Waals surface area contributed by atoms with Gasteiger partial charge in [-0.05, 0) is 57.9 Å². The lowest BCUT2D eigenvalue weighted by Gasteiger charge is -2.38. The summed E-state index contributed by atoms with van der Waals surface area (Å²) >= 11 is 0. The van der Waals surface area contributed by atoms with Crippen molar-refractivity contribution < 1.29 is 4.74 Å². The van der Waals surface area contributed by atoms with E-state index in [9.17, 15) is 0 Å². The molecule has 0 saturated heterocycles. The minimum absolute atomic E-state index is 0.259. The zero-order chi connectivity index (χ0) is 13.1. The third-order valence-electron chi connectivity index (χ3n) is 3.41. The molecule has 2 rings (SSSR count). The number of aryl methyl sites for hydroxylation is 1. The highest BCUT2D eigenvalue weighted by molar-refractivity contribution is 5.62. The van der Waals surface area contributed by atoms with Crippen LogP contribution in [0.4, 0.5) is 5.69 Å². The minimum Gasteiger partial charge on any atom is -0.487 e. The van der Waals surface area contributed by atoms with Crippen LogP contribution in [-0.4, -0.2) is 25.2 Å². The Bertz CT molecular complexity index is 403. The lowest BCUT2D eigenvalue weighted by molar-refractivity contribution is 0.209. The third-order valence-corrected chi connectivity index (χ3v) is 3.41. The van der Waals surface area contributed by atoms with E-state index in [1.54, 1.807) is 0 Å². The van der Waals surface area contributed by atoms with Crippen molar-refractivity contribution in [1.29, 1.82) is 0 Å². The van der Waals surface area contributed by atoms with Gasteiger partial charge in [0.1, 0.15) is 11.9 Å². The lowest BCUT2D eigenvalue weighted by atomic mass is 10.1. The van der Waals surface area contributed by atoms with Crippen molar-refractivity contribution in [3.63, 3.8) is 0 Å². The molecular weight excluding hydrogens is 224 g/mol. The number of nitrogens with two attached hydrogens (primary N) is 1. The van der Waals surface area contributed by atoms with E-state index >= 15 is 0 Å². The first-order valence-electron chi connectivity index (χ1n) is 6.88. The molecule has 1 aliphatic heterocycles. The summed E-state index contributed by atoms with van der Waals surface area (Å²) in [6, 6.07) is 7.02. The molecule has 0 bridgehead atoms. The van der Waals surface area contributed by atoms with Gasteiger partial charge in [-0.1, -0.05) is 6.07 Å². The van der Waals surface area contributed by atoms with E-state index in [0.29, 0.717) is 6.04 Å². The number of benzene rings is 1. The monoisotopic (exact) mass is 248 g/mol. The number of rotatable bonds is 4. The smallest absolute Gasteiger partial charge is 0.143 e. The van der Waals surface area contributed by atoms with Crippen molar-refractivity contribution in [2.75, 3.05) is 18.0 Å². The summed E-state index contributed by atoms with van der Waals surface area (Å²) in [7, 11) is 0. The van der Waals surface area contributed by atoms with E-state index < -0.39 is 0 Å². The zero-order valence-corrected chi connectivity index (χ0v) is 11.6. The highest BCUT2D eigenvalue weighted by Gasteiger charge is 2.24. The van der Waals surface area contributed by atoms with Gasteiger partial charge in [-0.3, -0.25) is 0 Å². The van der Waals surface area contributed by atoms with E-state index in [1.165, 1.54) is 11.3 Å². The van der Waals surface area contributed by atoms with Gasteiger partial charge in [0, 0.05) is 6.04 Å². The Morgan fingerprint density at radius 1 is 1.44 bits per heavy atom. The van der Waals surface area contributed by atoms with Crippen LogP contribution in [0.3, 0.4) is 0 Å². The predicted molar refractivity (Wildman–Crippen MR) is 76.4 cm³/mol. The van der Waals surface area contributed by atoms with Gasteiger partial charge < -0.3 is 15.4 Å². The molecule has 1 aliphatic rings. The van der Waals surface area contributed by atoms with Crippen LogP contribution in [0.25, 0.3) is 0 Å². The summed E-state index contributed by atoms with van der Waals surface area (Å²) in [5, 5.41) is 0. The second-order valence-corrected chi connectivity index (χ2v) is 5.37. The maximum atomic E-state index is 5.91. The second kappa shape index (κ2) is 5.61. The molecule has 0 fully saturated rings. The minimum atomic E-state index is 0.259. The van der Waals surface area contributed by atoms with Gasteiger partial charge in [0.25, 0.3) is 0 Å². The number of anilines is 1. The second-order valence-electron chi connectivity index (χ2n) is 5.37. The molecular formula is C15H24N2O. The van der Waals surface area contributed by atoms with Crippen LogP contribution in [-0.2, 0) is 6.42 Å². The molecule has 1 aromatic carbocycles. The number of hydrogen-bond acceptors (Lipinski definition) is 3. The van der Waals surface area contributed by atoms with Gasteiger partial charge in [0.2, 0.25) is 0 Å². The fourth-order valence-electron chi connectivity index (χ4n) is 2.47. The zero-order valence-electron chi connectivity index (χ0n) is 11.6. The molecule has 0 spiro atoms. The third kappa shape index (κ3) is 2.78. The van der Waals surface area contributed by atoms with Crippen molar-refractivity contribution in [3.05, 3.63) is 23.8 Å². The van der Waals surface area contributed by atoms with Crippen molar-refractivity contribution in [2.24, 2.45) is 5.73 Å². The number of fused-ring (bicyclic) bond motifs is 1. The molecule has 1 unspecified atom stereocenters. The predicted octanol–water partition coefficient (Wildman–Crippen LogP) is 2.57. The summed E-state index contributed by atoms with van der Waals surface area (Å²) in [5.74, 6) is 1.01. The number of ether oxygens (including phenoxy) is 1. The Labute approximate surface area is 110 Å². The van der Waals surface area contributed by atoms with E-state index in [2.05, 4.69) is 43.9 Å². The molecule has 0 radical (unpaired) electrons. The molecule has 3 heteroatoms. The topological polar surface area (TPSA) is 38.5 Å². The van der Waals surface area contributed by atoms with Crippen LogP contribution in [0.5, 0.6) is 5.75 Å². The molecule has 0 amide bonds. The van der Waals surface area contributed by atoms with Gasteiger partial charge in [-0.15, -0.1) is 0 Å². The normalized spacial score (nSPS) is 18.7. The van der Waals surface area contributed by atoms with Crippen molar-refractivity contribution in [1.82, 2.24) is 0 Å². The SMILES string of the molecule is CC1CN(C(C)C)c2cc(CCCN)ccc2O1. The lowest BCUT2D eigenvalue weighted by Crippen LogP contribution is -2.42. The van der Waals surface area contributed by atoms with Crippen LogP contribution in [0, 0.1) is 0 Å². The van der Waals surface area contributed by atoms with E-state index in [-0.39, 0.29) is 6.10 Å². The fraction of sp³-hybridized carbons (Fsp3) is 0.600. The van der Waals surface area contributed by atoms with Gasteiger partial charge in [0.05, 0.1) is 12.2 Å².